The Morgan fingerprint density at radius 1 is 1.06 bits per heavy atom. The summed E-state index contributed by atoms with van der Waals surface area (Å²) in [5, 5.41) is 7.43. The van der Waals surface area contributed by atoms with Gasteiger partial charge in [-0.15, -0.1) is 0 Å². The van der Waals surface area contributed by atoms with Crippen molar-refractivity contribution in [1.29, 1.82) is 0 Å². The molecule has 2 aromatic heterocycles. The molecule has 36 heavy (non-hydrogen) atoms. The topological polar surface area (TPSA) is 93.4 Å². The van der Waals surface area contributed by atoms with E-state index >= 15 is 0 Å². The van der Waals surface area contributed by atoms with Crippen LogP contribution in [0.1, 0.15) is 22.3 Å². The zero-order valence-corrected chi connectivity index (χ0v) is 20.0. The van der Waals surface area contributed by atoms with Crippen LogP contribution >= 0.6 is 11.6 Å². The van der Waals surface area contributed by atoms with Gasteiger partial charge in [0.05, 0.1) is 29.0 Å². The lowest BCUT2D eigenvalue weighted by molar-refractivity contribution is -0.137. The Bertz CT molecular complexity index is 1580. The summed E-state index contributed by atoms with van der Waals surface area (Å²) in [7, 11) is -3.19. The first kappa shape index (κ1) is 24.3. The number of fused-ring (bicyclic) bond motifs is 1. The molecule has 1 atom stereocenters. The summed E-state index contributed by atoms with van der Waals surface area (Å²) in [4.78, 5) is 17.4. The van der Waals surface area contributed by atoms with Crippen LogP contribution in [0.15, 0.2) is 60.9 Å². The van der Waals surface area contributed by atoms with Crippen LogP contribution in [0.25, 0.3) is 28.0 Å². The molecule has 12 heteroatoms. The molecule has 1 aliphatic rings. The van der Waals surface area contributed by atoms with Crippen LogP contribution in [0.4, 0.5) is 13.2 Å². The van der Waals surface area contributed by atoms with Gasteiger partial charge >= 0.3 is 6.18 Å². The van der Waals surface area contributed by atoms with E-state index in [1.54, 1.807) is 24.3 Å². The summed E-state index contributed by atoms with van der Waals surface area (Å²) in [6.45, 7) is 0. The number of carbonyl (C=O) groups is 1. The molecule has 3 heterocycles. The minimum Gasteiger partial charge on any atom is -0.348 e. The van der Waals surface area contributed by atoms with E-state index in [-0.39, 0.29) is 22.7 Å². The Balaban J connectivity index is 1.63. The molecule has 0 saturated carbocycles. The molecule has 0 aliphatic carbocycles. The molecule has 7 nitrogen and oxygen atoms in total. The number of halogens is 4. The van der Waals surface area contributed by atoms with Crippen molar-refractivity contribution in [2.75, 3.05) is 11.5 Å². The molecule has 4 aromatic rings. The molecule has 1 aliphatic heterocycles. The Morgan fingerprint density at radius 2 is 1.78 bits per heavy atom. The van der Waals surface area contributed by atoms with Crippen molar-refractivity contribution in [1.82, 2.24) is 19.9 Å². The van der Waals surface area contributed by atoms with Gasteiger partial charge in [0.1, 0.15) is 5.56 Å². The van der Waals surface area contributed by atoms with Crippen molar-refractivity contribution >= 4 is 33.0 Å². The van der Waals surface area contributed by atoms with E-state index in [2.05, 4.69) is 15.4 Å². The molecule has 1 N–H and O–H groups in total. The molecule has 1 fully saturated rings. The highest BCUT2D eigenvalue weighted by Gasteiger charge is 2.31. The lowest BCUT2D eigenvalue weighted by Gasteiger charge is -2.15. The van der Waals surface area contributed by atoms with Gasteiger partial charge in [0, 0.05) is 34.0 Å². The third kappa shape index (κ3) is 4.56. The second-order valence-corrected chi connectivity index (χ2v) is 11.1. The monoisotopic (exact) mass is 534 g/mol. The third-order valence-electron chi connectivity index (χ3n) is 5.99. The Morgan fingerprint density at radius 3 is 2.42 bits per heavy atom. The highest BCUT2D eigenvalue weighted by atomic mass is 35.5. The van der Waals surface area contributed by atoms with Gasteiger partial charge in [0.2, 0.25) is 0 Å². The SMILES string of the molecule is O=C(N[C@H]1CCS(=O)(=O)C1)c1cnn2c(-c3ccc(C(F)(F)F)cc3)c(-c3ccccc3Cl)cnc12. The summed E-state index contributed by atoms with van der Waals surface area (Å²) in [6.07, 6.45) is -1.40. The van der Waals surface area contributed by atoms with Gasteiger partial charge in [-0.25, -0.2) is 17.9 Å². The second-order valence-electron chi connectivity index (χ2n) is 8.44. The maximum absolute atomic E-state index is 13.2. The molecule has 186 valence electrons. The van der Waals surface area contributed by atoms with Crippen LogP contribution in [0.2, 0.25) is 5.02 Å². The van der Waals surface area contributed by atoms with Crippen molar-refractivity contribution in [3.63, 3.8) is 0 Å². The first-order valence-electron chi connectivity index (χ1n) is 10.8. The highest BCUT2D eigenvalue weighted by molar-refractivity contribution is 7.91. The first-order valence-corrected chi connectivity index (χ1v) is 13.0. The molecular weight excluding hydrogens is 517 g/mol. The predicted molar refractivity (Wildman–Crippen MR) is 128 cm³/mol. The average molecular weight is 535 g/mol. The molecule has 1 saturated heterocycles. The number of hydrogen-bond donors (Lipinski definition) is 1. The van der Waals surface area contributed by atoms with E-state index in [4.69, 9.17) is 11.6 Å². The van der Waals surface area contributed by atoms with Crippen LogP contribution in [0.3, 0.4) is 0 Å². The van der Waals surface area contributed by atoms with Crippen molar-refractivity contribution in [3.8, 4) is 22.4 Å². The Hall–Kier alpha value is -3.44. The number of carbonyl (C=O) groups excluding carboxylic acids is 1. The Kier molecular flexibility index (Phi) is 6.00. The van der Waals surface area contributed by atoms with E-state index in [0.29, 0.717) is 33.8 Å². The van der Waals surface area contributed by atoms with Gasteiger partial charge in [-0.1, -0.05) is 41.9 Å². The van der Waals surface area contributed by atoms with E-state index < -0.39 is 33.5 Å². The zero-order valence-electron chi connectivity index (χ0n) is 18.5. The molecule has 0 unspecified atom stereocenters. The maximum Gasteiger partial charge on any atom is 0.416 e. The lowest BCUT2D eigenvalue weighted by atomic mass is 9.99. The van der Waals surface area contributed by atoms with Crippen LogP contribution in [-0.2, 0) is 16.0 Å². The average Bonchev–Trinajstić information content (AvgIpc) is 3.41. The highest BCUT2D eigenvalue weighted by Crippen LogP contribution is 2.37. The largest absolute Gasteiger partial charge is 0.416 e. The number of aromatic nitrogens is 3. The normalized spacial score (nSPS) is 17.4. The van der Waals surface area contributed by atoms with E-state index in [9.17, 15) is 26.4 Å². The molecular formula is C24H18ClF3N4O3S. The standard InChI is InChI=1S/C24H18ClF3N4O3S/c25-20-4-2-1-3-17(20)18-11-29-22-19(23(33)31-16-9-10-36(34,35)13-16)12-30-32(22)21(18)14-5-7-15(8-6-14)24(26,27)28/h1-8,11-12,16H,9-10,13H2,(H,31,33)/t16-/m0/s1. The lowest BCUT2D eigenvalue weighted by Crippen LogP contribution is -2.35. The van der Waals surface area contributed by atoms with Crippen LogP contribution < -0.4 is 5.32 Å². The molecule has 0 radical (unpaired) electrons. The summed E-state index contributed by atoms with van der Waals surface area (Å²) < 4.78 is 64.3. The van der Waals surface area contributed by atoms with Gasteiger partial charge in [-0.2, -0.15) is 18.3 Å². The number of benzene rings is 2. The quantitative estimate of drug-likeness (QED) is 0.411. The fourth-order valence-electron chi connectivity index (χ4n) is 4.23. The molecule has 2 aromatic carbocycles. The summed E-state index contributed by atoms with van der Waals surface area (Å²) >= 11 is 6.41. The molecule has 5 rings (SSSR count). The molecule has 0 spiro atoms. The molecule has 1 amide bonds. The van der Waals surface area contributed by atoms with Gasteiger partial charge in [0.15, 0.2) is 15.5 Å². The fraction of sp³-hybridized carbons (Fsp3) is 0.208. The van der Waals surface area contributed by atoms with Crippen molar-refractivity contribution in [2.24, 2.45) is 0 Å². The van der Waals surface area contributed by atoms with E-state index in [1.807, 2.05) is 0 Å². The minimum absolute atomic E-state index is 0.00419. The summed E-state index contributed by atoms with van der Waals surface area (Å²) in [6, 6.07) is 11.0. The predicted octanol–water partition coefficient (Wildman–Crippen LogP) is 4.65. The number of hydrogen-bond acceptors (Lipinski definition) is 5. The smallest absolute Gasteiger partial charge is 0.348 e. The van der Waals surface area contributed by atoms with Gasteiger partial charge < -0.3 is 5.32 Å². The molecule has 0 bridgehead atoms. The van der Waals surface area contributed by atoms with Crippen molar-refractivity contribution in [2.45, 2.75) is 18.6 Å². The third-order valence-corrected chi connectivity index (χ3v) is 8.09. The zero-order chi connectivity index (χ0) is 25.7. The maximum atomic E-state index is 13.2. The number of alkyl halides is 3. The van der Waals surface area contributed by atoms with E-state index in [1.165, 1.54) is 29.0 Å². The number of sulfone groups is 1. The Labute approximate surface area is 208 Å². The number of amides is 1. The first-order chi connectivity index (χ1) is 17.0. The minimum atomic E-state index is -4.50. The van der Waals surface area contributed by atoms with E-state index in [0.717, 1.165) is 12.1 Å². The number of nitrogens with zero attached hydrogens (tertiary/aromatic N) is 3. The summed E-state index contributed by atoms with van der Waals surface area (Å²) in [5.74, 6) is -0.674. The van der Waals surface area contributed by atoms with Crippen LogP contribution in [0.5, 0.6) is 0 Å². The van der Waals surface area contributed by atoms with Crippen LogP contribution in [0, 0.1) is 0 Å². The second kappa shape index (κ2) is 8.90. The van der Waals surface area contributed by atoms with Crippen molar-refractivity contribution < 1.29 is 26.4 Å². The van der Waals surface area contributed by atoms with Crippen LogP contribution in [-0.4, -0.2) is 46.5 Å². The summed E-state index contributed by atoms with van der Waals surface area (Å²) in [5.41, 5.74) is 1.36. The fourth-order valence-corrected chi connectivity index (χ4v) is 6.15. The van der Waals surface area contributed by atoms with Gasteiger partial charge in [0.25, 0.3) is 5.91 Å². The van der Waals surface area contributed by atoms with Crippen molar-refractivity contribution in [3.05, 3.63) is 77.1 Å². The number of nitrogens with one attached hydrogen (secondary N) is 1. The number of rotatable bonds is 4. The van der Waals surface area contributed by atoms with Gasteiger partial charge in [-0.3, -0.25) is 4.79 Å². The van der Waals surface area contributed by atoms with Gasteiger partial charge in [-0.05, 0) is 24.6 Å².